The van der Waals surface area contributed by atoms with Crippen molar-refractivity contribution in [2.75, 3.05) is 6.54 Å². The van der Waals surface area contributed by atoms with E-state index in [1.807, 2.05) is 49.0 Å². The molecule has 20 heavy (non-hydrogen) atoms. The first kappa shape index (κ1) is 14.8. The SMILES string of the molecule is Cc1nn(C)c(C)c1C(C)NCC(O)c1ccccc1. The third-order valence-electron chi connectivity index (χ3n) is 3.80. The zero-order chi connectivity index (χ0) is 14.7. The van der Waals surface area contributed by atoms with Crippen LogP contribution >= 0.6 is 0 Å². The number of aromatic nitrogens is 2. The number of aliphatic hydroxyl groups is 1. The molecule has 0 saturated carbocycles. The van der Waals surface area contributed by atoms with E-state index in [0.29, 0.717) is 6.54 Å². The molecular weight excluding hydrogens is 250 g/mol. The van der Waals surface area contributed by atoms with Crippen LogP contribution in [-0.2, 0) is 7.05 Å². The van der Waals surface area contributed by atoms with Crippen LogP contribution in [0.4, 0.5) is 0 Å². The Hall–Kier alpha value is -1.65. The average molecular weight is 273 g/mol. The maximum absolute atomic E-state index is 10.2. The van der Waals surface area contributed by atoms with E-state index in [0.717, 1.165) is 17.0 Å². The van der Waals surface area contributed by atoms with E-state index in [1.165, 1.54) is 5.56 Å². The highest BCUT2D eigenvalue weighted by atomic mass is 16.3. The highest BCUT2D eigenvalue weighted by molar-refractivity contribution is 5.27. The summed E-state index contributed by atoms with van der Waals surface area (Å²) < 4.78 is 1.90. The lowest BCUT2D eigenvalue weighted by molar-refractivity contribution is 0.170. The number of aryl methyl sites for hydroxylation is 2. The maximum atomic E-state index is 10.2. The summed E-state index contributed by atoms with van der Waals surface area (Å²) in [4.78, 5) is 0. The predicted octanol–water partition coefficient (Wildman–Crippen LogP) is 2.42. The molecule has 2 N–H and O–H groups in total. The summed E-state index contributed by atoms with van der Waals surface area (Å²) in [6.07, 6.45) is -0.490. The molecule has 0 aliphatic heterocycles. The summed E-state index contributed by atoms with van der Waals surface area (Å²) in [5.41, 5.74) is 4.36. The molecule has 0 bridgehead atoms. The summed E-state index contributed by atoms with van der Waals surface area (Å²) >= 11 is 0. The van der Waals surface area contributed by atoms with Crippen molar-refractivity contribution in [2.45, 2.75) is 32.9 Å². The Labute approximate surface area is 120 Å². The van der Waals surface area contributed by atoms with Crippen molar-refractivity contribution in [3.8, 4) is 0 Å². The van der Waals surface area contributed by atoms with E-state index >= 15 is 0 Å². The third kappa shape index (κ3) is 3.08. The van der Waals surface area contributed by atoms with Crippen molar-refractivity contribution in [2.24, 2.45) is 7.05 Å². The number of rotatable bonds is 5. The summed E-state index contributed by atoms with van der Waals surface area (Å²) in [7, 11) is 1.96. The molecule has 0 saturated heterocycles. The molecule has 2 rings (SSSR count). The molecule has 1 aromatic heterocycles. The molecular formula is C16H23N3O. The lowest BCUT2D eigenvalue weighted by Crippen LogP contribution is -2.25. The fourth-order valence-electron chi connectivity index (χ4n) is 2.60. The summed E-state index contributed by atoms with van der Waals surface area (Å²) in [6, 6.07) is 9.89. The number of benzene rings is 1. The number of aliphatic hydroxyl groups excluding tert-OH is 1. The minimum absolute atomic E-state index is 0.169. The first-order valence-electron chi connectivity index (χ1n) is 6.97. The highest BCUT2D eigenvalue weighted by Crippen LogP contribution is 2.21. The van der Waals surface area contributed by atoms with Crippen LogP contribution in [0.1, 0.15) is 41.6 Å². The summed E-state index contributed by atoms with van der Waals surface area (Å²) in [5.74, 6) is 0. The summed E-state index contributed by atoms with van der Waals surface area (Å²) in [5, 5.41) is 18.0. The van der Waals surface area contributed by atoms with Crippen molar-refractivity contribution < 1.29 is 5.11 Å². The van der Waals surface area contributed by atoms with Gasteiger partial charge < -0.3 is 10.4 Å². The zero-order valence-corrected chi connectivity index (χ0v) is 12.6. The third-order valence-corrected chi connectivity index (χ3v) is 3.80. The molecule has 0 spiro atoms. The van der Waals surface area contributed by atoms with Crippen LogP contribution in [0.5, 0.6) is 0 Å². The molecule has 2 aromatic rings. The Morgan fingerprint density at radius 3 is 2.45 bits per heavy atom. The van der Waals surface area contributed by atoms with Crippen molar-refractivity contribution >= 4 is 0 Å². The molecule has 1 heterocycles. The first-order chi connectivity index (χ1) is 9.50. The Balaban J connectivity index is 2.00. The Morgan fingerprint density at radius 2 is 1.90 bits per heavy atom. The zero-order valence-electron chi connectivity index (χ0n) is 12.6. The largest absolute Gasteiger partial charge is 0.387 e. The molecule has 4 nitrogen and oxygen atoms in total. The smallest absolute Gasteiger partial charge is 0.0914 e. The van der Waals surface area contributed by atoms with Crippen molar-refractivity contribution in [1.29, 1.82) is 0 Å². The van der Waals surface area contributed by atoms with Crippen LogP contribution in [0.25, 0.3) is 0 Å². The molecule has 0 fully saturated rings. The average Bonchev–Trinajstić information content (AvgIpc) is 2.70. The van der Waals surface area contributed by atoms with Gasteiger partial charge >= 0.3 is 0 Å². The number of nitrogens with one attached hydrogen (secondary N) is 1. The van der Waals surface area contributed by atoms with E-state index in [1.54, 1.807) is 0 Å². The second-order valence-corrected chi connectivity index (χ2v) is 5.26. The maximum Gasteiger partial charge on any atom is 0.0914 e. The predicted molar refractivity (Wildman–Crippen MR) is 80.5 cm³/mol. The van der Waals surface area contributed by atoms with Gasteiger partial charge in [0.2, 0.25) is 0 Å². The Kier molecular flexibility index (Phi) is 4.57. The van der Waals surface area contributed by atoms with E-state index in [2.05, 4.69) is 24.3 Å². The number of nitrogens with zero attached hydrogens (tertiary/aromatic N) is 2. The Bertz CT molecular complexity index is 563. The fourth-order valence-corrected chi connectivity index (χ4v) is 2.60. The van der Waals surface area contributed by atoms with Crippen molar-refractivity contribution in [3.05, 3.63) is 52.8 Å². The van der Waals surface area contributed by atoms with Crippen LogP contribution in [0.15, 0.2) is 30.3 Å². The van der Waals surface area contributed by atoms with E-state index in [-0.39, 0.29) is 6.04 Å². The molecule has 108 valence electrons. The minimum Gasteiger partial charge on any atom is -0.387 e. The van der Waals surface area contributed by atoms with Gasteiger partial charge in [0.1, 0.15) is 0 Å². The van der Waals surface area contributed by atoms with Gasteiger partial charge in [0.05, 0.1) is 11.8 Å². The van der Waals surface area contributed by atoms with Crippen LogP contribution in [0.2, 0.25) is 0 Å². The highest BCUT2D eigenvalue weighted by Gasteiger charge is 2.17. The molecule has 2 atom stereocenters. The monoisotopic (exact) mass is 273 g/mol. The van der Waals surface area contributed by atoms with Gasteiger partial charge in [0.25, 0.3) is 0 Å². The Morgan fingerprint density at radius 1 is 1.25 bits per heavy atom. The molecule has 1 aromatic carbocycles. The fraction of sp³-hybridized carbons (Fsp3) is 0.438. The number of hydrogen-bond donors (Lipinski definition) is 2. The van der Waals surface area contributed by atoms with Crippen molar-refractivity contribution in [3.63, 3.8) is 0 Å². The lowest BCUT2D eigenvalue weighted by Gasteiger charge is -2.18. The van der Waals surface area contributed by atoms with Crippen LogP contribution in [0.3, 0.4) is 0 Å². The van der Waals surface area contributed by atoms with Crippen LogP contribution < -0.4 is 5.32 Å². The molecule has 0 amide bonds. The molecule has 4 heteroatoms. The lowest BCUT2D eigenvalue weighted by atomic mass is 10.1. The van der Waals surface area contributed by atoms with Crippen LogP contribution in [0, 0.1) is 13.8 Å². The van der Waals surface area contributed by atoms with Gasteiger partial charge in [-0.05, 0) is 26.3 Å². The standard InChI is InChI=1S/C16H23N3O/c1-11(16-12(2)18-19(4)13(16)3)17-10-15(20)14-8-6-5-7-9-14/h5-9,11,15,17,20H,10H2,1-4H3. The quantitative estimate of drug-likeness (QED) is 0.879. The molecule has 2 unspecified atom stereocenters. The van der Waals surface area contributed by atoms with Gasteiger partial charge in [-0.2, -0.15) is 5.10 Å². The van der Waals surface area contributed by atoms with Gasteiger partial charge in [-0.25, -0.2) is 0 Å². The van der Waals surface area contributed by atoms with Crippen molar-refractivity contribution in [1.82, 2.24) is 15.1 Å². The van der Waals surface area contributed by atoms with Gasteiger partial charge in [-0.3, -0.25) is 4.68 Å². The normalized spacial score (nSPS) is 14.2. The minimum atomic E-state index is -0.490. The second kappa shape index (κ2) is 6.20. The molecule has 0 radical (unpaired) electrons. The number of hydrogen-bond acceptors (Lipinski definition) is 3. The first-order valence-corrected chi connectivity index (χ1v) is 6.97. The van der Waals surface area contributed by atoms with Gasteiger partial charge in [0.15, 0.2) is 0 Å². The van der Waals surface area contributed by atoms with Gasteiger partial charge in [-0.15, -0.1) is 0 Å². The van der Waals surface area contributed by atoms with E-state index in [4.69, 9.17) is 0 Å². The molecule has 0 aliphatic carbocycles. The van der Waals surface area contributed by atoms with E-state index in [9.17, 15) is 5.11 Å². The van der Waals surface area contributed by atoms with Gasteiger partial charge in [0, 0.05) is 30.9 Å². The topological polar surface area (TPSA) is 50.1 Å². The van der Waals surface area contributed by atoms with Gasteiger partial charge in [-0.1, -0.05) is 30.3 Å². The van der Waals surface area contributed by atoms with E-state index < -0.39 is 6.10 Å². The molecule has 0 aliphatic rings. The second-order valence-electron chi connectivity index (χ2n) is 5.26. The summed E-state index contributed by atoms with van der Waals surface area (Å²) in [6.45, 7) is 6.73. The van der Waals surface area contributed by atoms with Crippen LogP contribution in [-0.4, -0.2) is 21.4 Å².